The van der Waals surface area contributed by atoms with Gasteiger partial charge in [-0.3, -0.25) is 5.01 Å². The van der Waals surface area contributed by atoms with Gasteiger partial charge in [-0.1, -0.05) is 44.2 Å². The molecule has 0 fully saturated rings. The van der Waals surface area contributed by atoms with E-state index in [2.05, 4.69) is 49.8 Å². The molecule has 1 aromatic carbocycles. The van der Waals surface area contributed by atoms with Gasteiger partial charge in [0.25, 0.3) is 0 Å². The highest BCUT2D eigenvalue weighted by Gasteiger charge is 2.15. The topological polar surface area (TPSA) is 15.6 Å². The molecule has 0 aliphatic carbocycles. The van der Waals surface area contributed by atoms with Gasteiger partial charge in [0.05, 0.1) is 11.9 Å². The lowest BCUT2D eigenvalue weighted by molar-refractivity contribution is 0.465. The zero-order valence-corrected chi connectivity index (χ0v) is 11.4. The molecule has 0 amide bonds. The van der Waals surface area contributed by atoms with Crippen molar-refractivity contribution in [3.63, 3.8) is 0 Å². The van der Waals surface area contributed by atoms with Gasteiger partial charge in [-0.25, -0.2) is 0 Å². The molecule has 0 bridgehead atoms. The highest BCUT2D eigenvalue weighted by Crippen LogP contribution is 2.29. The number of nitrogens with zero attached hydrogens (tertiary/aromatic N) is 2. The minimum absolute atomic E-state index is 0.957. The van der Waals surface area contributed by atoms with Crippen molar-refractivity contribution in [3.05, 3.63) is 53.2 Å². The van der Waals surface area contributed by atoms with Crippen LogP contribution in [0.1, 0.15) is 31.4 Å². The summed E-state index contributed by atoms with van der Waals surface area (Å²) in [6, 6.07) is 8.78. The number of hydrogen-bond donors (Lipinski definition) is 0. The van der Waals surface area contributed by atoms with E-state index < -0.39 is 0 Å². The minimum atomic E-state index is 0.957. The van der Waals surface area contributed by atoms with Crippen LogP contribution in [-0.2, 0) is 6.42 Å². The Balaban J connectivity index is 2.35. The Hall–Kier alpha value is -1.83. The van der Waals surface area contributed by atoms with Crippen LogP contribution in [0.3, 0.4) is 0 Å². The second-order valence-corrected chi connectivity index (χ2v) is 4.72. The lowest BCUT2D eigenvalue weighted by Gasteiger charge is -2.24. The van der Waals surface area contributed by atoms with Gasteiger partial charge < -0.3 is 0 Å². The fraction of sp³-hybridized carbons (Fsp3) is 0.312. The lowest BCUT2D eigenvalue weighted by Crippen LogP contribution is -2.16. The molecule has 0 saturated carbocycles. The molecule has 94 valence electrons. The molecule has 2 heteroatoms. The molecule has 2 rings (SSSR count). The predicted molar refractivity (Wildman–Crippen MR) is 78.4 cm³/mol. The largest absolute Gasteiger partial charge is 0.269 e. The van der Waals surface area contributed by atoms with Crippen molar-refractivity contribution in [2.45, 2.75) is 26.7 Å². The van der Waals surface area contributed by atoms with Crippen molar-refractivity contribution in [3.8, 4) is 0 Å². The first-order chi connectivity index (χ1) is 8.63. The van der Waals surface area contributed by atoms with E-state index in [1.54, 1.807) is 0 Å². The average Bonchev–Trinajstić information content (AvgIpc) is 2.37. The fourth-order valence-electron chi connectivity index (χ4n) is 2.22. The number of rotatable bonds is 3. The number of aryl methyl sites for hydroxylation is 1. The maximum absolute atomic E-state index is 4.27. The Bertz CT molecular complexity index is 506. The summed E-state index contributed by atoms with van der Waals surface area (Å²) < 4.78 is 0. The number of hydrogen-bond acceptors (Lipinski definition) is 2. The van der Waals surface area contributed by atoms with E-state index in [-0.39, 0.29) is 0 Å². The van der Waals surface area contributed by atoms with Crippen molar-refractivity contribution in [1.29, 1.82) is 0 Å². The number of likely N-dealkylation sites (N-methyl/N-ethyl adjacent to an activating group) is 1. The SMILES string of the molecule is C=C1C(c2ccc(CCC)cc2)=C(C)C=NN1C. The number of benzene rings is 1. The van der Waals surface area contributed by atoms with E-state index >= 15 is 0 Å². The van der Waals surface area contributed by atoms with E-state index in [0.29, 0.717) is 0 Å². The molecule has 2 nitrogen and oxygen atoms in total. The molecule has 1 aromatic rings. The highest BCUT2D eigenvalue weighted by atomic mass is 15.4. The zero-order valence-electron chi connectivity index (χ0n) is 11.4. The molecule has 1 aliphatic rings. The highest BCUT2D eigenvalue weighted by molar-refractivity contribution is 5.97. The third-order valence-corrected chi connectivity index (χ3v) is 3.28. The average molecular weight is 240 g/mol. The van der Waals surface area contributed by atoms with Crippen LogP contribution >= 0.6 is 0 Å². The van der Waals surface area contributed by atoms with E-state index in [0.717, 1.165) is 12.1 Å². The quantitative estimate of drug-likeness (QED) is 0.783. The molecule has 0 saturated heterocycles. The van der Waals surface area contributed by atoms with Crippen molar-refractivity contribution < 1.29 is 0 Å². The molecule has 0 aromatic heterocycles. The number of allylic oxidation sites excluding steroid dienone is 2. The smallest absolute Gasteiger partial charge is 0.0600 e. The molecule has 1 aliphatic heterocycles. The summed E-state index contributed by atoms with van der Waals surface area (Å²) in [7, 11) is 1.93. The van der Waals surface area contributed by atoms with Crippen LogP contribution in [0.5, 0.6) is 0 Å². The van der Waals surface area contributed by atoms with Crippen LogP contribution in [0.4, 0.5) is 0 Å². The minimum Gasteiger partial charge on any atom is -0.269 e. The van der Waals surface area contributed by atoms with E-state index in [1.807, 2.05) is 18.3 Å². The van der Waals surface area contributed by atoms with Gasteiger partial charge in [0.2, 0.25) is 0 Å². The van der Waals surface area contributed by atoms with Gasteiger partial charge in [-0.2, -0.15) is 5.10 Å². The Morgan fingerprint density at radius 3 is 2.50 bits per heavy atom. The van der Waals surface area contributed by atoms with Gasteiger partial charge in [-0.05, 0) is 30.0 Å². The first-order valence-corrected chi connectivity index (χ1v) is 6.40. The Kier molecular flexibility index (Phi) is 3.66. The maximum Gasteiger partial charge on any atom is 0.0600 e. The van der Waals surface area contributed by atoms with E-state index in [1.165, 1.54) is 28.7 Å². The van der Waals surface area contributed by atoms with Crippen LogP contribution < -0.4 is 0 Å². The monoisotopic (exact) mass is 240 g/mol. The summed E-state index contributed by atoms with van der Waals surface area (Å²) in [4.78, 5) is 0. The molecular formula is C16H20N2. The summed E-state index contributed by atoms with van der Waals surface area (Å²) in [5.74, 6) is 0. The van der Waals surface area contributed by atoms with Crippen LogP contribution in [0.15, 0.2) is 47.2 Å². The van der Waals surface area contributed by atoms with Crippen molar-refractivity contribution in [2.75, 3.05) is 7.05 Å². The molecule has 0 N–H and O–H groups in total. The van der Waals surface area contributed by atoms with E-state index in [4.69, 9.17) is 0 Å². The summed E-state index contributed by atoms with van der Waals surface area (Å²) >= 11 is 0. The summed E-state index contributed by atoms with van der Waals surface area (Å²) in [5, 5.41) is 6.09. The molecule has 0 atom stereocenters. The summed E-state index contributed by atoms with van der Waals surface area (Å²) in [5.41, 5.74) is 5.92. The number of hydrazone groups is 1. The molecular weight excluding hydrogens is 220 g/mol. The van der Waals surface area contributed by atoms with Crippen molar-refractivity contribution in [2.24, 2.45) is 5.10 Å². The summed E-state index contributed by atoms with van der Waals surface area (Å²) in [6.45, 7) is 8.40. The Morgan fingerprint density at radius 1 is 1.22 bits per heavy atom. The summed E-state index contributed by atoms with van der Waals surface area (Å²) in [6.07, 6.45) is 4.22. The normalized spacial score (nSPS) is 15.5. The van der Waals surface area contributed by atoms with Gasteiger partial charge >= 0.3 is 0 Å². The van der Waals surface area contributed by atoms with Crippen LogP contribution in [0.2, 0.25) is 0 Å². The molecule has 0 unspecified atom stereocenters. The van der Waals surface area contributed by atoms with Gasteiger partial charge in [0.15, 0.2) is 0 Å². The van der Waals surface area contributed by atoms with E-state index in [9.17, 15) is 0 Å². The lowest BCUT2D eigenvalue weighted by atomic mass is 9.96. The second kappa shape index (κ2) is 5.21. The van der Waals surface area contributed by atoms with Crippen molar-refractivity contribution >= 4 is 11.8 Å². The second-order valence-electron chi connectivity index (χ2n) is 4.72. The fourth-order valence-corrected chi connectivity index (χ4v) is 2.22. The van der Waals surface area contributed by atoms with Crippen LogP contribution in [-0.4, -0.2) is 18.3 Å². The maximum atomic E-state index is 4.27. The van der Waals surface area contributed by atoms with Gasteiger partial charge in [-0.15, -0.1) is 0 Å². The molecule has 18 heavy (non-hydrogen) atoms. The standard InChI is InChI=1S/C16H20N2/c1-5-6-14-7-9-15(10-8-14)16-12(2)11-17-18(4)13(16)3/h7-11H,3,5-6H2,1-2,4H3. The Labute approximate surface area is 109 Å². The Morgan fingerprint density at radius 2 is 1.89 bits per heavy atom. The molecule has 0 spiro atoms. The third-order valence-electron chi connectivity index (χ3n) is 3.28. The first-order valence-electron chi connectivity index (χ1n) is 6.40. The van der Waals surface area contributed by atoms with Crippen molar-refractivity contribution in [1.82, 2.24) is 5.01 Å². The van der Waals surface area contributed by atoms with Crippen LogP contribution in [0.25, 0.3) is 5.57 Å². The van der Waals surface area contributed by atoms with Gasteiger partial charge in [0, 0.05) is 12.6 Å². The first kappa shape index (κ1) is 12.6. The predicted octanol–water partition coefficient (Wildman–Crippen LogP) is 3.86. The van der Waals surface area contributed by atoms with Gasteiger partial charge in [0.1, 0.15) is 0 Å². The molecule has 1 heterocycles. The third kappa shape index (κ3) is 2.37. The van der Waals surface area contributed by atoms with Crippen LogP contribution in [0, 0.1) is 0 Å². The molecule has 0 radical (unpaired) electrons. The zero-order chi connectivity index (χ0) is 13.1.